The van der Waals surface area contributed by atoms with Crippen LogP contribution in [0, 0.1) is 0 Å². The molecule has 1 aliphatic heterocycles. The lowest BCUT2D eigenvalue weighted by Crippen LogP contribution is -2.36. The van der Waals surface area contributed by atoms with Crippen molar-refractivity contribution in [3.63, 3.8) is 0 Å². The molecular weight excluding hydrogens is 313 g/mol. The van der Waals surface area contributed by atoms with Gasteiger partial charge in [-0.3, -0.25) is 4.79 Å². The molecular formula is C13H15BrFN3O. The summed E-state index contributed by atoms with van der Waals surface area (Å²) < 4.78 is 13.8. The Morgan fingerprint density at radius 1 is 1.47 bits per heavy atom. The van der Waals surface area contributed by atoms with Gasteiger partial charge in [0.25, 0.3) is 0 Å². The molecule has 1 saturated heterocycles. The Balaban J connectivity index is 1.75. The summed E-state index contributed by atoms with van der Waals surface area (Å²) in [4.78, 5) is 16.4. The van der Waals surface area contributed by atoms with Crippen molar-refractivity contribution in [2.75, 3.05) is 11.9 Å². The first kappa shape index (κ1) is 13.0. The quantitative estimate of drug-likeness (QED) is 0.838. The highest BCUT2D eigenvalue weighted by Crippen LogP contribution is 2.43. The predicted molar refractivity (Wildman–Crippen MR) is 73.8 cm³/mol. The van der Waals surface area contributed by atoms with E-state index in [0.717, 1.165) is 18.4 Å². The number of rotatable bonds is 3. The largest absolute Gasteiger partial charge is 0.309 e. The topological polar surface area (TPSA) is 54.0 Å². The number of carbonyl (C=O) groups excluding carboxylic acids is 1. The molecule has 0 aromatic carbocycles. The highest BCUT2D eigenvalue weighted by Gasteiger charge is 2.31. The van der Waals surface area contributed by atoms with Crippen LogP contribution in [-0.2, 0) is 4.79 Å². The molecule has 1 aromatic heterocycles. The van der Waals surface area contributed by atoms with Gasteiger partial charge in [0.2, 0.25) is 5.91 Å². The molecule has 1 saturated carbocycles. The summed E-state index contributed by atoms with van der Waals surface area (Å²) in [6.45, 7) is 0.249. The number of pyridine rings is 1. The number of nitrogens with one attached hydrogen (secondary N) is 2. The smallest absolute Gasteiger partial charge is 0.242 e. The lowest BCUT2D eigenvalue weighted by molar-refractivity contribution is -0.117. The molecule has 19 heavy (non-hydrogen) atoms. The van der Waals surface area contributed by atoms with Gasteiger partial charge in [-0.25, -0.2) is 9.37 Å². The van der Waals surface area contributed by atoms with Crippen LogP contribution in [0.25, 0.3) is 0 Å². The van der Waals surface area contributed by atoms with Crippen LogP contribution in [0.3, 0.4) is 0 Å². The summed E-state index contributed by atoms with van der Waals surface area (Å²) in [6, 6.07) is 3.42. The number of aromatic nitrogens is 1. The average Bonchev–Trinajstić information content (AvgIpc) is 3.11. The van der Waals surface area contributed by atoms with Gasteiger partial charge in [-0.15, -0.1) is 0 Å². The lowest BCUT2D eigenvalue weighted by atomic mass is 10.1. The molecule has 0 radical (unpaired) electrons. The first-order chi connectivity index (χ1) is 9.13. The van der Waals surface area contributed by atoms with E-state index < -0.39 is 12.2 Å². The molecule has 3 rings (SSSR count). The number of nitrogens with zero attached hydrogens (tertiary/aromatic N) is 1. The van der Waals surface area contributed by atoms with E-state index in [4.69, 9.17) is 0 Å². The maximum absolute atomic E-state index is 13.1. The van der Waals surface area contributed by atoms with Gasteiger partial charge in [0.05, 0.1) is 6.04 Å². The molecule has 0 unspecified atom stereocenters. The van der Waals surface area contributed by atoms with Crippen LogP contribution in [0.1, 0.15) is 30.7 Å². The Labute approximate surface area is 119 Å². The summed E-state index contributed by atoms with van der Waals surface area (Å²) in [5.74, 6) is 0.903. The van der Waals surface area contributed by atoms with Gasteiger partial charge >= 0.3 is 0 Å². The van der Waals surface area contributed by atoms with Crippen molar-refractivity contribution in [3.05, 3.63) is 22.3 Å². The zero-order valence-electron chi connectivity index (χ0n) is 10.3. The molecule has 2 heterocycles. The zero-order chi connectivity index (χ0) is 13.4. The fraction of sp³-hybridized carbons (Fsp3) is 0.538. The van der Waals surface area contributed by atoms with Crippen LogP contribution in [-0.4, -0.2) is 29.6 Å². The van der Waals surface area contributed by atoms with Crippen LogP contribution in [0.15, 0.2) is 16.7 Å². The highest BCUT2D eigenvalue weighted by atomic mass is 79.9. The normalized spacial score (nSPS) is 26.4. The minimum atomic E-state index is -0.936. The van der Waals surface area contributed by atoms with Gasteiger partial charge in [0.1, 0.15) is 16.6 Å². The number of carbonyl (C=O) groups is 1. The molecule has 1 aromatic rings. The Hall–Kier alpha value is -1.01. The van der Waals surface area contributed by atoms with E-state index in [0.29, 0.717) is 16.3 Å². The van der Waals surface area contributed by atoms with Gasteiger partial charge in [0, 0.05) is 13.0 Å². The predicted octanol–water partition coefficient (Wildman–Crippen LogP) is 2.36. The van der Waals surface area contributed by atoms with Gasteiger partial charge in [-0.05, 0) is 46.3 Å². The van der Waals surface area contributed by atoms with Gasteiger partial charge in [0.15, 0.2) is 0 Å². The maximum Gasteiger partial charge on any atom is 0.242 e. The monoisotopic (exact) mass is 327 g/mol. The number of hydrogen-bond acceptors (Lipinski definition) is 3. The molecule has 2 N–H and O–H groups in total. The second-order valence-corrected chi connectivity index (χ2v) is 5.94. The number of anilines is 1. The minimum Gasteiger partial charge on any atom is -0.309 e. The Kier molecular flexibility index (Phi) is 3.54. The first-order valence-electron chi connectivity index (χ1n) is 6.48. The van der Waals surface area contributed by atoms with Crippen molar-refractivity contribution in [1.29, 1.82) is 0 Å². The number of hydrogen-bond donors (Lipinski definition) is 2. The lowest BCUT2D eigenvalue weighted by Gasteiger charge is -2.13. The number of amides is 1. The van der Waals surface area contributed by atoms with Crippen LogP contribution >= 0.6 is 15.9 Å². The summed E-state index contributed by atoms with van der Waals surface area (Å²) >= 11 is 3.31. The summed E-state index contributed by atoms with van der Waals surface area (Å²) in [5, 5.41) is 5.70. The number of halogens is 2. The molecule has 1 amide bonds. The van der Waals surface area contributed by atoms with E-state index in [9.17, 15) is 9.18 Å². The first-order valence-corrected chi connectivity index (χ1v) is 7.27. The summed E-state index contributed by atoms with van der Waals surface area (Å²) in [5.41, 5.74) is 1.08. The fourth-order valence-corrected chi connectivity index (χ4v) is 2.68. The minimum absolute atomic E-state index is 0.201. The summed E-state index contributed by atoms with van der Waals surface area (Å²) in [6.07, 6.45) is 1.58. The zero-order valence-corrected chi connectivity index (χ0v) is 11.9. The van der Waals surface area contributed by atoms with Crippen LogP contribution in [0.2, 0.25) is 0 Å². The Bertz CT molecular complexity index is 507. The van der Waals surface area contributed by atoms with Crippen molar-refractivity contribution in [3.8, 4) is 0 Å². The van der Waals surface area contributed by atoms with E-state index in [2.05, 4.69) is 31.5 Å². The molecule has 2 atom stereocenters. The van der Waals surface area contributed by atoms with Gasteiger partial charge < -0.3 is 10.6 Å². The molecule has 1 aliphatic carbocycles. The van der Waals surface area contributed by atoms with Gasteiger partial charge in [-0.1, -0.05) is 6.07 Å². The van der Waals surface area contributed by atoms with E-state index in [-0.39, 0.29) is 18.9 Å². The van der Waals surface area contributed by atoms with Gasteiger partial charge in [-0.2, -0.15) is 0 Å². The molecule has 2 fully saturated rings. The third kappa shape index (κ3) is 2.95. The third-order valence-electron chi connectivity index (χ3n) is 3.54. The number of alkyl halides is 1. The van der Waals surface area contributed by atoms with Crippen molar-refractivity contribution >= 4 is 27.7 Å². The molecule has 2 aliphatic rings. The molecule has 0 spiro atoms. The van der Waals surface area contributed by atoms with E-state index >= 15 is 0 Å². The highest BCUT2D eigenvalue weighted by molar-refractivity contribution is 9.10. The van der Waals surface area contributed by atoms with E-state index in [1.807, 2.05) is 12.1 Å². The molecule has 4 nitrogen and oxygen atoms in total. The fourth-order valence-electron chi connectivity index (χ4n) is 2.37. The van der Waals surface area contributed by atoms with Crippen molar-refractivity contribution in [2.45, 2.75) is 37.4 Å². The third-order valence-corrected chi connectivity index (χ3v) is 3.99. The SMILES string of the molecule is O=C(Nc1nc(Br)ccc1C1CC1)[C@@H]1C[C@@H](F)CN1. The van der Waals surface area contributed by atoms with Crippen LogP contribution in [0.4, 0.5) is 10.2 Å². The summed E-state index contributed by atoms with van der Waals surface area (Å²) in [7, 11) is 0. The van der Waals surface area contributed by atoms with E-state index in [1.165, 1.54) is 0 Å². The average molecular weight is 328 g/mol. The molecule has 6 heteroatoms. The van der Waals surface area contributed by atoms with Crippen LogP contribution in [0.5, 0.6) is 0 Å². The Morgan fingerprint density at radius 3 is 2.89 bits per heavy atom. The standard InChI is InChI=1S/C13H15BrFN3O/c14-11-4-3-9(7-1-2-7)12(17-11)18-13(19)10-5-8(15)6-16-10/h3-4,7-8,10,16H,1-2,5-6H2,(H,17,18,19)/t8-,10+/m1/s1. The second-order valence-electron chi connectivity index (χ2n) is 5.13. The maximum atomic E-state index is 13.1. The van der Waals surface area contributed by atoms with Crippen LogP contribution < -0.4 is 10.6 Å². The molecule has 102 valence electrons. The molecule has 0 bridgehead atoms. The Morgan fingerprint density at radius 2 is 2.26 bits per heavy atom. The second kappa shape index (κ2) is 5.17. The van der Waals surface area contributed by atoms with E-state index in [1.54, 1.807) is 0 Å². The van der Waals surface area contributed by atoms with Crippen molar-refractivity contribution in [2.24, 2.45) is 0 Å². The van der Waals surface area contributed by atoms with Crippen molar-refractivity contribution < 1.29 is 9.18 Å². The van der Waals surface area contributed by atoms with Crippen molar-refractivity contribution in [1.82, 2.24) is 10.3 Å².